The minimum atomic E-state index is -0.370. The molecule has 21 heavy (non-hydrogen) atoms. The van der Waals surface area contributed by atoms with Crippen LogP contribution in [0.4, 0.5) is 11.8 Å². The van der Waals surface area contributed by atoms with Crippen molar-refractivity contribution >= 4 is 17.7 Å². The minimum Gasteiger partial charge on any atom is -0.385 e. The van der Waals surface area contributed by atoms with Crippen LogP contribution >= 0.6 is 0 Å². The number of carbonyl (C=O) groups excluding carboxylic acids is 1. The van der Waals surface area contributed by atoms with Crippen molar-refractivity contribution in [2.45, 2.75) is 13.3 Å². The second-order valence-corrected chi connectivity index (χ2v) is 4.32. The Morgan fingerprint density at radius 3 is 3.05 bits per heavy atom. The maximum atomic E-state index is 12.0. The Morgan fingerprint density at radius 1 is 1.48 bits per heavy atom. The van der Waals surface area contributed by atoms with Gasteiger partial charge < -0.3 is 19.9 Å². The summed E-state index contributed by atoms with van der Waals surface area (Å²) in [6.07, 6.45) is 2.35. The number of aryl methyl sites for hydroxylation is 1. The average molecular weight is 291 g/mol. The number of hydrogen-bond donors (Lipinski definition) is 2. The first-order valence-electron chi connectivity index (χ1n) is 6.49. The number of nitrogens with one attached hydrogen (secondary N) is 2. The van der Waals surface area contributed by atoms with Crippen LogP contribution in [-0.4, -0.2) is 41.3 Å². The Labute approximate surface area is 121 Å². The maximum Gasteiger partial charge on any atom is 0.275 e. The highest BCUT2D eigenvalue weighted by Gasteiger charge is 2.11. The fourth-order valence-corrected chi connectivity index (χ4v) is 1.59. The monoisotopic (exact) mass is 291 g/mol. The van der Waals surface area contributed by atoms with E-state index in [-0.39, 0.29) is 11.6 Å². The van der Waals surface area contributed by atoms with Gasteiger partial charge in [0.15, 0.2) is 5.82 Å². The number of aromatic nitrogens is 3. The van der Waals surface area contributed by atoms with E-state index < -0.39 is 0 Å². The van der Waals surface area contributed by atoms with Crippen LogP contribution in [0.2, 0.25) is 0 Å². The van der Waals surface area contributed by atoms with Crippen molar-refractivity contribution in [2.75, 3.05) is 30.9 Å². The van der Waals surface area contributed by atoms with Gasteiger partial charge in [-0.15, -0.1) is 0 Å². The smallest absolute Gasteiger partial charge is 0.275 e. The molecule has 8 nitrogen and oxygen atoms in total. The van der Waals surface area contributed by atoms with Gasteiger partial charge in [-0.1, -0.05) is 5.16 Å². The summed E-state index contributed by atoms with van der Waals surface area (Å²) >= 11 is 0. The van der Waals surface area contributed by atoms with Crippen LogP contribution in [0.1, 0.15) is 22.7 Å². The van der Waals surface area contributed by atoms with Crippen molar-refractivity contribution in [1.82, 2.24) is 15.1 Å². The first-order chi connectivity index (χ1) is 10.2. The molecule has 0 bridgehead atoms. The number of methoxy groups -OCH3 is 1. The third-order valence-electron chi connectivity index (χ3n) is 2.57. The van der Waals surface area contributed by atoms with E-state index in [1.54, 1.807) is 20.1 Å². The van der Waals surface area contributed by atoms with Gasteiger partial charge in [0.2, 0.25) is 5.95 Å². The first kappa shape index (κ1) is 14.9. The van der Waals surface area contributed by atoms with Gasteiger partial charge in [0.1, 0.15) is 11.5 Å². The summed E-state index contributed by atoms with van der Waals surface area (Å²) in [6, 6.07) is 3.16. The Kier molecular flexibility index (Phi) is 5.22. The molecule has 0 spiro atoms. The molecule has 0 saturated heterocycles. The molecule has 0 atom stereocenters. The van der Waals surface area contributed by atoms with E-state index in [1.165, 1.54) is 12.3 Å². The molecule has 2 heterocycles. The van der Waals surface area contributed by atoms with E-state index in [4.69, 9.17) is 9.26 Å². The van der Waals surface area contributed by atoms with E-state index in [9.17, 15) is 4.79 Å². The number of anilines is 2. The Balaban J connectivity index is 1.94. The van der Waals surface area contributed by atoms with Crippen molar-refractivity contribution < 1.29 is 14.1 Å². The lowest BCUT2D eigenvalue weighted by atomic mass is 10.3. The SMILES string of the molecule is COCCCNc1nccc(C(=O)Nc2cc(C)on2)n1. The number of hydrogen-bond acceptors (Lipinski definition) is 7. The van der Waals surface area contributed by atoms with E-state index in [2.05, 4.69) is 25.8 Å². The zero-order valence-electron chi connectivity index (χ0n) is 11.9. The summed E-state index contributed by atoms with van der Waals surface area (Å²) in [5.74, 6) is 1.000. The van der Waals surface area contributed by atoms with Crippen LogP contribution < -0.4 is 10.6 Å². The third kappa shape index (κ3) is 4.53. The van der Waals surface area contributed by atoms with Gasteiger partial charge in [-0.3, -0.25) is 4.79 Å². The predicted molar refractivity (Wildman–Crippen MR) is 76.2 cm³/mol. The number of ether oxygens (including phenoxy) is 1. The normalized spacial score (nSPS) is 10.4. The van der Waals surface area contributed by atoms with Crippen molar-refractivity contribution in [3.8, 4) is 0 Å². The number of nitrogens with zero attached hydrogens (tertiary/aromatic N) is 3. The van der Waals surface area contributed by atoms with Crippen LogP contribution in [0.25, 0.3) is 0 Å². The molecule has 2 aromatic heterocycles. The van der Waals surface area contributed by atoms with Crippen molar-refractivity contribution in [1.29, 1.82) is 0 Å². The Hall–Kier alpha value is -2.48. The third-order valence-corrected chi connectivity index (χ3v) is 2.57. The molecule has 8 heteroatoms. The molecule has 2 rings (SSSR count). The van der Waals surface area contributed by atoms with Gasteiger partial charge in [0, 0.05) is 32.5 Å². The number of carbonyl (C=O) groups is 1. The Morgan fingerprint density at radius 2 is 2.33 bits per heavy atom. The topological polar surface area (TPSA) is 102 Å². The minimum absolute atomic E-state index is 0.250. The van der Waals surface area contributed by atoms with E-state index in [1.807, 2.05) is 0 Å². The number of rotatable bonds is 7. The van der Waals surface area contributed by atoms with Crippen LogP contribution in [0.5, 0.6) is 0 Å². The fraction of sp³-hybridized carbons (Fsp3) is 0.385. The first-order valence-corrected chi connectivity index (χ1v) is 6.49. The highest BCUT2D eigenvalue weighted by Crippen LogP contribution is 2.09. The lowest BCUT2D eigenvalue weighted by Crippen LogP contribution is -2.16. The van der Waals surface area contributed by atoms with Crippen LogP contribution in [-0.2, 0) is 4.74 Å². The van der Waals surface area contributed by atoms with Crippen LogP contribution in [0, 0.1) is 6.92 Å². The molecular weight excluding hydrogens is 274 g/mol. The summed E-state index contributed by atoms with van der Waals surface area (Å²) in [6.45, 7) is 3.06. The van der Waals surface area contributed by atoms with Gasteiger partial charge in [-0.05, 0) is 19.4 Å². The van der Waals surface area contributed by atoms with Crippen molar-refractivity contribution in [3.05, 3.63) is 29.8 Å². The van der Waals surface area contributed by atoms with Gasteiger partial charge in [-0.25, -0.2) is 9.97 Å². The lowest BCUT2D eigenvalue weighted by Gasteiger charge is -2.05. The standard InChI is InChI=1S/C13H17N5O3/c1-9-8-11(18-21-9)17-12(19)10-4-6-15-13(16-10)14-5-3-7-20-2/h4,6,8H,3,5,7H2,1-2H3,(H,14,15,16)(H,17,18,19). The van der Waals surface area contributed by atoms with Crippen molar-refractivity contribution in [3.63, 3.8) is 0 Å². The van der Waals surface area contributed by atoms with Gasteiger partial charge in [-0.2, -0.15) is 0 Å². The summed E-state index contributed by atoms with van der Waals surface area (Å²) in [5.41, 5.74) is 0.250. The fourth-order valence-electron chi connectivity index (χ4n) is 1.59. The molecule has 0 aromatic carbocycles. The molecule has 2 aromatic rings. The van der Waals surface area contributed by atoms with Crippen LogP contribution in [0.3, 0.4) is 0 Å². The second-order valence-electron chi connectivity index (χ2n) is 4.32. The zero-order chi connectivity index (χ0) is 15.1. The molecule has 1 amide bonds. The van der Waals surface area contributed by atoms with E-state index in [0.29, 0.717) is 30.7 Å². The summed E-state index contributed by atoms with van der Waals surface area (Å²) in [4.78, 5) is 20.2. The zero-order valence-corrected chi connectivity index (χ0v) is 11.9. The van der Waals surface area contributed by atoms with Crippen LogP contribution in [0.15, 0.2) is 22.9 Å². The molecule has 0 radical (unpaired) electrons. The number of amides is 1. The summed E-state index contributed by atoms with van der Waals surface area (Å²) in [5, 5.41) is 9.32. The lowest BCUT2D eigenvalue weighted by molar-refractivity contribution is 0.102. The van der Waals surface area contributed by atoms with Gasteiger partial charge in [0.05, 0.1) is 0 Å². The molecule has 0 aliphatic rings. The summed E-state index contributed by atoms with van der Waals surface area (Å²) < 4.78 is 9.83. The molecule has 0 aliphatic carbocycles. The van der Waals surface area contributed by atoms with Crippen molar-refractivity contribution in [2.24, 2.45) is 0 Å². The molecule has 2 N–H and O–H groups in total. The summed E-state index contributed by atoms with van der Waals surface area (Å²) in [7, 11) is 1.65. The highest BCUT2D eigenvalue weighted by molar-refractivity contribution is 6.02. The molecule has 0 saturated carbocycles. The van der Waals surface area contributed by atoms with E-state index >= 15 is 0 Å². The average Bonchev–Trinajstić information content (AvgIpc) is 2.89. The largest absolute Gasteiger partial charge is 0.385 e. The van der Waals surface area contributed by atoms with E-state index in [0.717, 1.165) is 6.42 Å². The van der Waals surface area contributed by atoms with Gasteiger partial charge >= 0.3 is 0 Å². The maximum absolute atomic E-state index is 12.0. The molecule has 0 fully saturated rings. The highest BCUT2D eigenvalue weighted by atomic mass is 16.5. The van der Waals surface area contributed by atoms with Gasteiger partial charge in [0.25, 0.3) is 5.91 Å². The quantitative estimate of drug-likeness (QED) is 0.745. The molecular formula is C13H17N5O3. The molecule has 0 aliphatic heterocycles. The Bertz CT molecular complexity index is 599. The second kappa shape index (κ2) is 7.34. The predicted octanol–water partition coefficient (Wildman–Crippen LogP) is 1.47. The molecule has 0 unspecified atom stereocenters. The molecule has 112 valence electrons.